The van der Waals surface area contributed by atoms with E-state index in [2.05, 4.69) is 16.0 Å². The Kier molecular flexibility index (Phi) is 7.44. The Morgan fingerprint density at radius 2 is 1.77 bits per heavy atom. The number of carboxylic acids is 1. The third-order valence-electron chi connectivity index (χ3n) is 4.71. The van der Waals surface area contributed by atoms with Gasteiger partial charge in [0.05, 0.1) is 5.92 Å². The quantitative estimate of drug-likeness (QED) is 0.592. The van der Waals surface area contributed by atoms with Gasteiger partial charge in [0.15, 0.2) is 0 Å². The number of nitrogens with one attached hydrogen (secondary N) is 3. The molecule has 2 rings (SSSR count). The monoisotopic (exact) mass is 361 g/mol. The molecule has 1 fully saturated rings. The lowest BCUT2D eigenvalue weighted by atomic mass is 9.86. The summed E-state index contributed by atoms with van der Waals surface area (Å²) in [6, 6.07) is 8.78. The molecule has 0 unspecified atom stereocenters. The van der Waals surface area contributed by atoms with Gasteiger partial charge in [0, 0.05) is 12.6 Å². The van der Waals surface area contributed by atoms with Crippen LogP contribution in [0.2, 0.25) is 0 Å². The van der Waals surface area contributed by atoms with Crippen LogP contribution in [0.1, 0.15) is 38.2 Å². The number of hydrogen-bond acceptors (Lipinski definition) is 3. The van der Waals surface area contributed by atoms with Crippen molar-refractivity contribution in [2.75, 3.05) is 6.54 Å². The van der Waals surface area contributed by atoms with Crippen LogP contribution in [0, 0.1) is 5.92 Å². The minimum atomic E-state index is -0.770. The molecular formula is C19H27N3O4. The van der Waals surface area contributed by atoms with Crippen molar-refractivity contribution in [2.45, 2.75) is 51.1 Å². The van der Waals surface area contributed by atoms with Crippen LogP contribution in [-0.2, 0) is 16.0 Å². The van der Waals surface area contributed by atoms with Crippen molar-refractivity contribution < 1.29 is 19.5 Å². The average molecular weight is 361 g/mol. The SMILES string of the molecule is C[C@@H](NC(=O)NC1CCC(C(=O)O)CC1)C(=O)NCCc1ccccc1. The highest BCUT2D eigenvalue weighted by molar-refractivity contribution is 5.86. The van der Waals surface area contributed by atoms with E-state index in [4.69, 9.17) is 5.11 Å². The maximum atomic E-state index is 12.1. The van der Waals surface area contributed by atoms with Crippen molar-refractivity contribution in [1.82, 2.24) is 16.0 Å². The number of urea groups is 1. The summed E-state index contributed by atoms with van der Waals surface area (Å²) in [6.07, 6.45) is 3.15. The number of carbonyl (C=O) groups is 3. The Hall–Kier alpha value is -2.57. The number of carbonyl (C=O) groups excluding carboxylic acids is 2. The second-order valence-corrected chi connectivity index (χ2v) is 6.75. The van der Waals surface area contributed by atoms with Gasteiger partial charge in [0.1, 0.15) is 6.04 Å². The molecule has 0 bridgehead atoms. The fourth-order valence-electron chi connectivity index (χ4n) is 3.10. The first-order valence-corrected chi connectivity index (χ1v) is 9.07. The molecule has 0 aliphatic heterocycles. The molecule has 1 aromatic rings. The van der Waals surface area contributed by atoms with Crippen LogP contribution in [0.4, 0.5) is 4.79 Å². The highest BCUT2D eigenvalue weighted by atomic mass is 16.4. The fraction of sp³-hybridized carbons (Fsp3) is 0.526. The number of carboxylic acid groups (broad SMARTS) is 1. The van der Waals surface area contributed by atoms with Gasteiger partial charge in [-0.3, -0.25) is 9.59 Å². The Morgan fingerprint density at radius 3 is 2.38 bits per heavy atom. The standard InChI is InChI=1S/C19H27N3O4/c1-13(17(23)20-12-11-14-5-3-2-4-6-14)21-19(26)22-16-9-7-15(8-10-16)18(24)25/h2-6,13,15-16H,7-12H2,1H3,(H,20,23)(H,24,25)(H2,21,22,26)/t13-,15?,16?/m1/s1. The third-order valence-corrected chi connectivity index (χ3v) is 4.71. The van der Waals surface area contributed by atoms with Crippen LogP contribution in [-0.4, -0.2) is 41.6 Å². The zero-order chi connectivity index (χ0) is 18.9. The van der Waals surface area contributed by atoms with Crippen molar-refractivity contribution >= 4 is 17.9 Å². The predicted octanol–water partition coefficient (Wildman–Crippen LogP) is 1.68. The van der Waals surface area contributed by atoms with Crippen LogP contribution in [0.5, 0.6) is 0 Å². The third kappa shape index (κ3) is 6.38. The highest BCUT2D eigenvalue weighted by Gasteiger charge is 2.27. The van der Waals surface area contributed by atoms with Crippen molar-refractivity contribution in [3.63, 3.8) is 0 Å². The fourth-order valence-corrected chi connectivity index (χ4v) is 3.10. The van der Waals surface area contributed by atoms with Crippen molar-refractivity contribution in [1.29, 1.82) is 0 Å². The Bertz CT molecular complexity index is 612. The van der Waals surface area contributed by atoms with Gasteiger partial charge < -0.3 is 21.1 Å². The smallest absolute Gasteiger partial charge is 0.315 e. The maximum absolute atomic E-state index is 12.1. The molecule has 1 atom stereocenters. The Morgan fingerprint density at radius 1 is 1.12 bits per heavy atom. The summed E-state index contributed by atoms with van der Waals surface area (Å²) in [6.45, 7) is 2.15. The molecule has 0 spiro atoms. The van der Waals surface area contributed by atoms with Crippen LogP contribution in [0.3, 0.4) is 0 Å². The first-order chi connectivity index (χ1) is 12.5. The molecule has 7 nitrogen and oxygen atoms in total. The molecule has 4 N–H and O–H groups in total. The minimum Gasteiger partial charge on any atom is -0.481 e. The molecule has 1 aromatic carbocycles. The summed E-state index contributed by atoms with van der Waals surface area (Å²) in [5, 5.41) is 17.3. The number of rotatable bonds is 7. The Labute approximate surface area is 153 Å². The zero-order valence-corrected chi connectivity index (χ0v) is 15.0. The normalized spacial score (nSPS) is 20.7. The molecule has 142 valence electrons. The van der Waals surface area contributed by atoms with Gasteiger partial charge in [-0.15, -0.1) is 0 Å². The summed E-state index contributed by atoms with van der Waals surface area (Å²) in [5.41, 5.74) is 1.14. The van der Waals surface area contributed by atoms with E-state index in [0.29, 0.717) is 32.2 Å². The van der Waals surface area contributed by atoms with Crippen molar-refractivity contribution in [3.05, 3.63) is 35.9 Å². The van der Waals surface area contributed by atoms with E-state index in [1.165, 1.54) is 0 Å². The number of amides is 3. The summed E-state index contributed by atoms with van der Waals surface area (Å²) in [7, 11) is 0. The summed E-state index contributed by atoms with van der Waals surface area (Å²) < 4.78 is 0. The molecule has 7 heteroatoms. The van der Waals surface area contributed by atoms with Crippen LogP contribution < -0.4 is 16.0 Å². The van der Waals surface area contributed by atoms with Gasteiger partial charge in [0.2, 0.25) is 5.91 Å². The van der Waals surface area contributed by atoms with Gasteiger partial charge in [-0.05, 0) is 44.6 Å². The van der Waals surface area contributed by atoms with E-state index in [0.717, 1.165) is 12.0 Å². The molecule has 1 aliphatic rings. The maximum Gasteiger partial charge on any atom is 0.315 e. The Balaban J connectivity index is 1.64. The molecular weight excluding hydrogens is 334 g/mol. The molecule has 0 saturated heterocycles. The van der Waals surface area contributed by atoms with E-state index < -0.39 is 18.0 Å². The van der Waals surface area contributed by atoms with E-state index in [1.807, 2.05) is 30.3 Å². The first kappa shape index (κ1) is 19.8. The molecule has 3 amide bonds. The lowest BCUT2D eigenvalue weighted by Gasteiger charge is -2.27. The largest absolute Gasteiger partial charge is 0.481 e. The molecule has 26 heavy (non-hydrogen) atoms. The summed E-state index contributed by atoms with van der Waals surface area (Å²) in [4.78, 5) is 35.0. The van der Waals surface area contributed by atoms with Crippen LogP contribution in [0.25, 0.3) is 0 Å². The molecule has 1 saturated carbocycles. The van der Waals surface area contributed by atoms with Gasteiger partial charge in [-0.1, -0.05) is 30.3 Å². The number of aliphatic carboxylic acids is 1. The number of hydrogen-bond donors (Lipinski definition) is 4. The van der Waals surface area contributed by atoms with E-state index in [1.54, 1.807) is 6.92 Å². The van der Waals surface area contributed by atoms with Crippen molar-refractivity contribution in [2.24, 2.45) is 5.92 Å². The zero-order valence-electron chi connectivity index (χ0n) is 15.0. The average Bonchev–Trinajstić information content (AvgIpc) is 2.62. The van der Waals surface area contributed by atoms with Crippen LogP contribution in [0.15, 0.2) is 30.3 Å². The lowest BCUT2D eigenvalue weighted by Crippen LogP contribution is -2.51. The first-order valence-electron chi connectivity index (χ1n) is 9.07. The molecule has 0 radical (unpaired) electrons. The van der Waals surface area contributed by atoms with Gasteiger partial charge in [-0.2, -0.15) is 0 Å². The summed E-state index contributed by atoms with van der Waals surface area (Å²) >= 11 is 0. The minimum absolute atomic E-state index is 0.0426. The van der Waals surface area contributed by atoms with Crippen molar-refractivity contribution in [3.8, 4) is 0 Å². The second kappa shape index (κ2) is 9.79. The van der Waals surface area contributed by atoms with E-state index >= 15 is 0 Å². The molecule has 0 aromatic heterocycles. The number of benzene rings is 1. The topological polar surface area (TPSA) is 108 Å². The van der Waals surface area contributed by atoms with Gasteiger partial charge >= 0.3 is 12.0 Å². The second-order valence-electron chi connectivity index (χ2n) is 6.75. The van der Waals surface area contributed by atoms with E-state index in [9.17, 15) is 14.4 Å². The van der Waals surface area contributed by atoms with Gasteiger partial charge in [0.25, 0.3) is 0 Å². The highest BCUT2D eigenvalue weighted by Crippen LogP contribution is 2.24. The van der Waals surface area contributed by atoms with Crippen LogP contribution >= 0.6 is 0 Å². The predicted molar refractivity (Wildman–Crippen MR) is 97.7 cm³/mol. The molecule has 1 aliphatic carbocycles. The van der Waals surface area contributed by atoms with E-state index in [-0.39, 0.29) is 17.9 Å². The molecule has 0 heterocycles. The lowest BCUT2D eigenvalue weighted by molar-refractivity contribution is -0.142. The summed E-state index contributed by atoms with van der Waals surface area (Å²) in [5.74, 6) is -1.32. The van der Waals surface area contributed by atoms with Gasteiger partial charge in [-0.25, -0.2) is 4.79 Å².